The van der Waals surface area contributed by atoms with Gasteiger partial charge in [-0.05, 0) is 44.6 Å². The summed E-state index contributed by atoms with van der Waals surface area (Å²) in [6.07, 6.45) is 10.8. The SMILES string of the molecule is CC(C)OC(CC1c2ccccc2C2=CNCN21)C1CCCCC1. The molecule has 3 nitrogen and oxygen atoms in total. The molecule has 1 N–H and O–H groups in total. The second-order valence-electron chi connectivity index (χ2n) is 7.82. The largest absolute Gasteiger partial charge is 0.375 e. The molecule has 2 unspecified atom stereocenters. The van der Waals surface area contributed by atoms with E-state index >= 15 is 0 Å². The van der Waals surface area contributed by atoms with Crippen LogP contribution in [0.25, 0.3) is 5.70 Å². The van der Waals surface area contributed by atoms with E-state index in [1.165, 1.54) is 48.9 Å². The number of nitrogens with one attached hydrogen (secondary N) is 1. The van der Waals surface area contributed by atoms with Gasteiger partial charge in [-0.1, -0.05) is 43.5 Å². The van der Waals surface area contributed by atoms with Gasteiger partial charge in [0.1, 0.15) is 0 Å². The molecule has 1 aliphatic carbocycles. The number of hydrogen-bond donors (Lipinski definition) is 1. The summed E-state index contributed by atoms with van der Waals surface area (Å²) in [5, 5.41) is 3.41. The molecule has 4 rings (SSSR count). The van der Waals surface area contributed by atoms with Gasteiger partial charge in [0, 0.05) is 11.8 Å². The zero-order valence-electron chi connectivity index (χ0n) is 15.0. The minimum atomic E-state index is 0.306. The first-order valence-corrected chi connectivity index (χ1v) is 9.69. The van der Waals surface area contributed by atoms with Gasteiger partial charge in [-0.3, -0.25) is 0 Å². The van der Waals surface area contributed by atoms with Crippen molar-refractivity contribution in [1.29, 1.82) is 0 Å². The predicted octanol–water partition coefficient (Wildman–Crippen LogP) is 4.67. The third kappa shape index (κ3) is 2.95. The molecule has 24 heavy (non-hydrogen) atoms. The highest BCUT2D eigenvalue weighted by Crippen LogP contribution is 2.46. The highest BCUT2D eigenvalue weighted by molar-refractivity contribution is 5.73. The van der Waals surface area contributed by atoms with Gasteiger partial charge in [0.05, 0.1) is 30.6 Å². The van der Waals surface area contributed by atoms with Gasteiger partial charge in [0.15, 0.2) is 0 Å². The van der Waals surface area contributed by atoms with E-state index in [2.05, 4.69) is 54.5 Å². The molecule has 1 aromatic rings. The number of nitrogens with zero attached hydrogens (tertiary/aromatic N) is 1. The van der Waals surface area contributed by atoms with Gasteiger partial charge in [0.25, 0.3) is 0 Å². The van der Waals surface area contributed by atoms with Gasteiger partial charge in [-0.25, -0.2) is 0 Å². The van der Waals surface area contributed by atoms with Crippen LogP contribution < -0.4 is 5.32 Å². The summed E-state index contributed by atoms with van der Waals surface area (Å²) in [4.78, 5) is 2.53. The van der Waals surface area contributed by atoms with Crippen molar-refractivity contribution in [1.82, 2.24) is 10.2 Å². The van der Waals surface area contributed by atoms with Crippen LogP contribution in [0.2, 0.25) is 0 Å². The van der Waals surface area contributed by atoms with Crippen molar-refractivity contribution >= 4 is 5.70 Å². The van der Waals surface area contributed by atoms with Crippen LogP contribution in [0.4, 0.5) is 0 Å². The van der Waals surface area contributed by atoms with Gasteiger partial charge in [-0.15, -0.1) is 0 Å². The van der Waals surface area contributed by atoms with Crippen LogP contribution in [0.5, 0.6) is 0 Å². The zero-order valence-corrected chi connectivity index (χ0v) is 15.0. The van der Waals surface area contributed by atoms with E-state index in [0.717, 1.165) is 19.0 Å². The summed E-state index contributed by atoms with van der Waals surface area (Å²) in [6.45, 7) is 5.29. The van der Waals surface area contributed by atoms with E-state index in [1.54, 1.807) is 0 Å². The standard InChI is InChI=1S/C21H30N2O/c1-15(2)24-21(16-8-4-3-5-9-16)12-19-17-10-6-7-11-18(17)20-13-22-14-23(19)20/h6-7,10-11,13,15-16,19,21-22H,3-5,8-9,12,14H2,1-2H3. The van der Waals surface area contributed by atoms with Crippen molar-refractivity contribution in [2.24, 2.45) is 5.92 Å². The first-order chi connectivity index (χ1) is 11.7. The van der Waals surface area contributed by atoms with Crippen molar-refractivity contribution in [3.8, 4) is 0 Å². The summed E-state index contributed by atoms with van der Waals surface area (Å²) in [7, 11) is 0. The number of fused-ring (bicyclic) bond motifs is 3. The lowest BCUT2D eigenvalue weighted by Crippen LogP contribution is -2.34. The Morgan fingerprint density at radius 3 is 2.75 bits per heavy atom. The molecule has 1 saturated carbocycles. The summed E-state index contributed by atoms with van der Waals surface area (Å²) >= 11 is 0. The fourth-order valence-electron chi connectivity index (χ4n) is 4.80. The van der Waals surface area contributed by atoms with Crippen molar-refractivity contribution < 1.29 is 4.74 Å². The molecule has 3 heteroatoms. The Hall–Kier alpha value is -1.48. The summed E-state index contributed by atoms with van der Waals surface area (Å²) in [5.41, 5.74) is 4.25. The van der Waals surface area contributed by atoms with Gasteiger partial charge >= 0.3 is 0 Å². The second kappa shape index (κ2) is 6.79. The molecular formula is C21H30N2O. The molecule has 2 heterocycles. The first kappa shape index (κ1) is 16.0. The number of benzene rings is 1. The van der Waals surface area contributed by atoms with Gasteiger partial charge in [0.2, 0.25) is 0 Å². The maximum atomic E-state index is 6.45. The first-order valence-electron chi connectivity index (χ1n) is 9.69. The van der Waals surface area contributed by atoms with Crippen LogP contribution in [0.15, 0.2) is 30.5 Å². The normalized spacial score (nSPS) is 24.5. The van der Waals surface area contributed by atoms with Crippen molar-refractivity contribution in [3.63, 3.8) is 0 Å². The smallest absolute Gasteiger partial charge is 0.0879 e. The van der Waals surface area contributed by atoms with E-state index in [-0.39, 0.29) is 0 Å². The average molecular weight is 326 g/mol. The molecule has 1 aromatic carbocycles. The second-order valence-corrected chi connectivity index (χ2v) is 7.82. The lowest BCUT2D eigenvalue weighted by atomic mass is 9.82. The topological polar surface area (TPSA) is 24.5 Å². The van der Waals surface area contributed by atoms with Crippen LogP contribution in [0.1, 0.15) is 69.5 Å². The lowest BCUT2D eigenvalue weighted by Gasteiger charge is -2.35. The predicted molar refractivity (Wildman–Crippen MR) is 98.2 cm³/mol. The lowest BCUT2D eigenvalue weighted by molar-refractivity contribution is -0.0488. The Balaban J connectivity index is 1.58. The van der Waals surface area contributed by atoms with E-state index in [4.69, 9.17) is 4.74 Å². The number of ether oxygens (including phenoxy) is 1. The number of rotatable bonds is 5. The molecule has 0 radical (unpaired) electrons. The van der Waals surface area contributed by atoms with Gasteiger partial charge in [-0.2, -0.15) is 0 Å². The van der Waals surface area contributed by atoms with Crippen LogP contribution in [-0.2, 0) is 4.74 Å². The molecule has 0 amide bonds. The molecule has 1 fully saturated rings. The van der Waals surface area contributed by atoms with Crippen LogP contribution in [0, 0.1) is 5.92 Å². The third-order valence-corrected chi connectivity index (χ3v) is 5.86. The summed E-state index contributed by atoms with van der Waals surface area (Å²) in [6, 6.07) is 9.36. The Morgan fingerprint density at radius 1 is 1.17 bits per heavy atom. The van der Waals surface area contributed by atoms with E-state index in [1.807, 2.05) is 0 Å². The quantitative estimate of drug-likeness (QED) is 0.851. The van der Waals surface area contributed by atoms with E-state index in [0.29, 0.717) is 18.2 Å². The van der Waals surface area contributed by atoms with Crippen LogP contribution in [-0.4, -0.2) is 23.8 Å². The minimum absolute atomic E-state index is 0.306. The van der Waals surface area contributed by atoms with E-state index < -0.39 is 0 Å². The number of hydrogen-bond acceptors (Lipinski definition) is 3. The van der Waals surface area contributed by atoms with Crippen molar-refractivity contribution in [3.05, 3.63) is 41.6 Å². The zero-order chi connectivity index (χ0) is 16.5. The van der Waals surface area contributed by atoms with E-state index in [9.17, 15) is 0 Å². The molecule has 0 spiro atoms. The van der Waals surface area contributed by atoms with Crippen molar-refractivity contribution in [2.75, 3.05) is 6.67 Å². The molecular weight excluding hydrogens is 296 g/mol. The minimum Gasteiger partial charge on any atom is -0.375 e. The Kier molecular flexibility index (Phi) is 4.53. The molecule has 0 bridgehead atoms. The molecule has 0 saturated heterocycles. The highest BCUT2D eigenvalue weighted by atomic mass is 16.5. The monoisotopic (exact) mass is 326 g/mol. The molecule has 2 atom stereocenters. The molecule has 0 aromatic heterocycles. The fraction of sp³-hybridized carbons (Fsp3) is 0.619. The maximum absolute atomic E-state index is 6.45. The van der Waals surface area contributed by atoms with Crippen LogP contribution in [0.3, 0.4) is 0 Å². The molecule has 130 valence electrons. The fourth-order valence-corrected chi connectivity index (χ4v) is 4.80. The summed E-state index contributed by atoms with van der Waals surface area (Å²) in [5.74, 6) is 0.733. The molecule has 2 aliphatic heterocycles. The summed E-state index contributed by atoms with van der Waals surface area (Å²) < 4.78 is 6.45. The van der Waals surface area contributed by atoms with Crippen molar-refractivity contribution in [2.45, 2.75) is 70.6 Å². The van der Waals surface area contributed by atoms with Gasteiger partial charge < -0.3 is 15.0 Å². The molecule has 3 aliphatic rings. The Labute approximate surface area is 146 Å². The maximum Gasteiger partial charge on any atom is 0.0879 e. The third-order valence-electron chi connectivity index (χ3n) is 5.86. The Morgan fingerprint density at radius 2 is 1.96 bits per heavy atom. The highest BCUT2D eigenvalue weighted by Gasteiger charge is 2.38. The van der Waals surface area contributed by atoms with Crippen LogP contribution >= 0.6 is 0 Å². The Bertz CT molecular complexity index is 604. The average Bonchev–Trinajstić information content (AvgIpc) is 3.17.